The maximum absolute atomic E-state index is 11.7. The van der Waals surface area contributed by atoms with Gasteiger partial charge in [0, 0.05) is 62.8 Å². The molecule has 4 heterocycles. The number of hydrogen-bond donors (Lipinski definition) is 0. The number of fused-ring (bicyclic) bond motifs is 1. The zero-order chi connectivity index (χ0) is 23.7. The Morgan fingerprint density at radius 2 is 1.62 bits per heavy atom. The Morgan fingerprint density at radius 3 is 2.26 bits per heavy atom. The van der Waals surface area contributed by atoms with Crippen LogP contribution >= 0.6 is 0 Å². The van der Waals surface area contributed by atoms with Crippen LogP contribution in [0.1, 0.15) is 18.4 Å². The second-order valence-corrected chi connectivity index (χ2v) is 11.2. The van der Waals surface area contributed by atoms with Gasteiger partial charge in [-0.1, -0.05) is 0 Å². The van der Waals surface area contributed by atoms with Crippen molar-refractivity contribution in [3.05, 3.63) is 48.2 Å². The highest BCUT2D eigenvalue weighted by atomic mass is 32.2. The smallest absolute Gasteiger partial charge is 0.175 e. The Hall–Kier alpha value is -3.09. The molecule has 2 aliphatic rings. The summed E-state index contributed by atoms with van der Waals surface area (Å²) in [5, 5.41) is 10.7. The number of anilines is 2. The number of sulfone groups is 1. The SMILES string of the molecule is CS(=O)(=O)c1ccc(N2CCN(c3cc(C#N)c4ccn(CCN5CCCC5)c4n3)CC2)cc1. The van der Waals surface area contributed by atoms with Crippen molar-refractivity contribution in [3.63, 3.8) is 0 Å². The summed E-state index contributed by atoms with van der Waals surface area (Å²) in [7, 11) is -3.19. The predicted molar refractivity (Wildman–Crippen MR) is 134 cm³/mol. The first-order chi connectivity index (χ1) is 16.4. The van der Waals surface area contributed by atoms with Crippen LogP contribution in [0.25, 0.3) is 11.0 Å². The van der Waals surface area contributed by atoms with E-state index in [-0.39, 0.29) is 0 Å². The van der Waals surface area contributed by atoms with Crippen LogP contribution in [0, 0.1) is 11.3 Å². The molecule has 0 N–H and O–H groups in total. The second-order valence-electron chi connectivity index (χ2n) is 9.18. The number of nitrogens with zero attached hydrogens (tertiary/aromatic N) is 6. The molecule has 0 spiro atoms. The van der Waals surface area contributed by atoms with E-state index in [1.165, 1.54) is 32.2 Å². The van der Waals surface area contributed by atoms with Gasteiger partial charge >= 0.3 is 0 Å². The molecule has 9 heteroatoms. The van der Waals surface area contributed by atoms with Crippen molar-refractivity contribution in [2.24, 2.45) is 0 Å². The predicted octanol–water partition coefficient (Wildman–Crippen LogP) is 2.73. The van der Waals surface area contributed by atoms with Gasteiger partial charge in [0.25, 0.3) is 0 Å². The first kappa shape index (κ1) is 22.7. The fourth-order valence-electron chi connectivity index (χ4n) is 4.93. The van der Waals surface area contributed by atoms with Crippen molar-refractivity contribution in [3.8, 4) is 6.07 Å². The Labute approximate surface area is 200 Å². The number of benzene rings is 1. The van der Waals surface area contributed by atoms with Crippen LogP contribution in [-0.2, 0) is 16.4 Å². The molecular weight excluding hydrogens is 448 g/mol. The standard InChI is InChI=1S/C25H30N6O2S/c1-34(32,33)22-6-4-21(5-7-22)29-14-16-30(17-15-29)24-18-20(19-26)23-8-11-31(25(23)27-24)13-12-28-9-2-3-10-28/h4-8,11,18H,2-3,9-10,12-17H2,1H3. The van der Waals surface area contributed by atoms with Crippen molar-refractivity contribution in [2.75, 3.05) is 61.9 Å². The summed E-state index contributed by atoms with van der Waals surface area (Å²) in [5.74, 6) is 0.845. The quantitative estimate of drug-likeness (QED) is 0.538. The molecule has 178 valence electrons. The fourth-order valence-corrected chi connectivity index (χ4v) is 5.57. The number of pyridine rings is 1. The highest BCUT2D eigenvalue weighted by Gasteiger charge is 2.21. The number of nitriles is 1. The van der Waals surface area contributed by atoms with Gasteiger partial charge in [0.2, 0.25) is 0 Å². The summed E-state index contributed by atoms with van der Waals surface area (Å²) < 4.78 is 25.6. The van der Waals surface area contributed by atoms with Crippen molar-refractivity contribution < 1.29 is 8.42 Å². The van der Waals surface area contributed by atoms with E-state index in [9.17, 15) is 13.7 Å². The third-order valence-corrected chi connectivity index (χ3v) is 8.06. The zero-order valence-electron chi connectivity index (χ0n) is 19.5. The molecule has 0 aliphatic carbocycles. The summed E-state index contributed by atoms with van der Waals surface area (Å²) in [6.07, 6.45) is 5.84. The van der Waals surface area contributed by atoms with Crippen LogP contribution < -0.4 is 9.80 Å². The molecule has 0 bridgehead atoms. The molecule has 5 rings (SSSR count). The Bertz CT molecular complexity index is 1310. The largest absolute Gasteiger partial charge is 0.368 e. The van der Waals surface area contributed by atoms with Gasteiger partial charge in [-0.3, -0.25) is 0 Å². The van der Waals surface area contributed by atoms with E-state index < -0.39 is 9.84 Å². The second kappa shape index (κ2) is 9.28. The lowest BCUT2D eigenvalue weighted by Gasteiger charge is -2.37. The van der Waals surface area contributed by atoms with E-state index in [0.717, 1.165) is 61.8 Å². The van der Waals surface area contributed by atoms with Crippen molar-refractivity contribution in [2.45, 2.75) is 24.3 Å². The van der Waals surface area contributed by atoms with E-state index in [2.05, 4.69) is 31.5 Å². The van der Waals surface area contributed by atoms with Crippen molar-refractivity contribution in [1.82, 2.24) is 14.5 Å². The summed E-state index contributed by atoms with van der Waals surface area (Å²) in [4.78, 5) is 12.3. The molecule has 0 radical (unpaired) electrons. The molecular formula is C25H30N6O2S. The number of hydrogen-bond acceptors (Lipinski definition) is 7. The topological polar surface area (TPSA) is 85.5 Å². The van der Waals surface area contributed by atoms with Crippen LogP contribution in [0.4, 0.5) is 11.5 Å². The number of rotatable bonds is 6. The molecule has 0 unspecified atom stereocenters. The monoisotopic (exact) mass is 478 g/mol. The summed E-state index contributed by atoms with van der Waals surface area (Å²) in [5.41, 5.74) is 2.56. The normalized spacial score (nSPS) is 17.4. The molecule has 2 saturated heterocycles. The summed E-state index contributed by atoms with van der Waals surface area (Å²) >= 11 is 0. The van der Waals surface area contributed by atoms with Gasteiger partial charge in [0.1, 0.15) is 17.5 Å². The number of likely N-dealkylation sites (tertiary alicyclic amines) is 1. The molecule has 3 aromatic rings. The van der Waals surface area contributed by atoms with E-state index in [4.69, 9.17) is 4.98 Å². The van der Waals surface area contributed by atoms with Crippen molar-refractivity contribution in [1.29, 1.82) is 5.26 Å². The van der Waals surface area contributed by atoms with Crippen LogP contribution in [-0.4, -0.2) is 74.9 Å². The molecule has 1 aromatic carbocycles. The minimum Gasteiger partial charge on any atom is -0.368 e. The Morgan fingerprint density at radius 1 is 0.941 bits per heavy atom. The average molecular weight is 479 g/mol. The van der Waals surface area contributed by atoms with E-state index in [0.29, 0.717) is 10.5 Å². The lowest BCUT2D eigenvalue weighted by molar-refractivity contribution is 0.324. The maximum Gasteiger partial charge on any atom is 0.175 e. The molecule has 0 atom stereocenters. The van der Waals surface area contributed by atoms with Gasteiger partial charge in [-0.15, -0.1) is 0 Å². The first-order valence-corrected chi connectivity index (χ1v) is 13.7. The van der Waals surface area contributed by atoms with Gasteiger partial charge < -0.3 is 19.3 Å². The highest BCUT2D eigenvalue weighted by Crippen LogP contribution is 2.26. The van der Waals surface area contributed by atoms with Gasteiger partial charge in [-0.25, -0.2) is 13.4 Å². The molecule has 2 aliphatic heterocycles. The van der Waals surface area contributed by atoms with Crippen molar-refractivity contribution >= 4 is 32.4 Å². The average Bonchev–Trinajstić information content (AvgIpc) is 3.52. The molecule has 34 heavy (non-hydrogen) atoms. The molecule has 0 saturated carbocycles. The van der Waals surface area contributed by atoms with Crippen LogP contribution in [0.3, 0.4) is 0 Å². The summed E-state index contributed by atoms with van der Waals surface area (Å²) in [6.45, 7) is 7.39. The fraction of sp³-hybridized carbons (Fsp3) is 0.440. The van der Waals surface area contributed by atoms with Crippen LogP contribution in [0.15, 0.2) is 47.5 Å². The summed E-state index contributed by atoms with van der Waals surface area (Å²) in [6, 6.07) is 13.4. The van der Waals surface area contributed by atoms with Gasteiger partial charge in [0.15, 0.2) is 9.84 Å². The van der Waals surface area contributed by atoms with Crippen LogP contribution in [0.2, 0.25) is 0 Å². The lowest BCUT2D eigenvalue weighted by Crippen LogP contribution is -2.46. The van der Waals surface area contributed by atoms with Crippen LogP contribution in [0.5, 0.6) is 0 Å². The van der Waals surface area contributed by atoms with Gasteiger partial charge in [0.05, 0.1) is 10.5 Å². The Balaban J connectivity index is 1.31. The minimum atomic E-state index is -3.19. The third kappa shape index (κ3) is 4.61. The Kier molecular flexibility index (Phi) is 6.19. The zero-order valence-corrected chi connectivity index (χ0v) is 20.3. The van der Waals surface area contributed by atoms with E-state index in [1.54, 1.807) is 12.1 Å². The lowest BCUT2D eigenvalue weighted by atomic mass is 10.2. The first-order valence-electron chi connectivity index (χ1n) is 11.8. The molecule has 0 amide bonds. The number of aromatic nitrogens is 2. The molecule has 8 nitrogen and oxygen atoms in total. The minimum absolute atomic E-state index is 0.337. The molecule has 2 fully saturated rings. The van der Waals surface area contributed by atoms with E-state index in [1.807, 2.05) is 24.3 Å². The highest BCUT2D eigenvalue weighted by molar-refractivity contribution is 7.90. The molecule has 2 aromatic heterocycles. The van der Waals surface area contributed by atoms with Gasteiger partial charge in [-0.05, 0) is 62.3 Å². The van der Waals surface area contributed by atoms with E-state index >= 15 is 0 Å². The maximum atomic E-state index is 11.7. The number of piperazine rings is 1. The third-order valence-electron chi connectivity index (χ3n) is 6.93. The van der Waals surface area contributed by atoms with Gasteiger partial charge in [-0.2, -0.15) is 5.26 Å².